The zero-order valence-corrected chi connectivity index (χ0v) is 9.77. The summed E-state index contributed by atoms with van der Waals surface area (Å²) >= 11 is 0. The molecule has 0 unspecified atom stereocenters. The Bertz CT molecular complexity index is 727. The minimum Gasteiger partial charge on any atom is -0.481 e. The molecule has 0 aliphatic heterocycles. The van der Waals surface area contributed by atoms with E-state index in [0.717, 1.165) is 10.1 Å². The van der Waals surface area contributed by atoms with Crippen molar-refractivity contribution in [2.45, 2.75) is 19.9 Å². The topological polar surface area (TPSA) is 92.2 Å². The van der Waals surface area contributed by atoms with Crippen LogP contribution in [0.15, 0.2) is 27.8 Å². The van der Waals surface area contributed by atoms with Gasteiger partial charge in [0.15, 0.2) is 0 Å². The molecule has 0 atom stereocenters. The lowest BCUT2D eigenvalue weighted by Gasteiger charge is -2.05. The molecule has 0 spiro atoms. The van der Waals surface area contributed by atoms with Crippen molar-refractivity contribution in [3.8, 4) is 0 Å². The number of carboxylic acids is 1. The lowest BCUT2D eigenvalue weighted by molar-refractivity contribution is -0.137. The van der Waals surface area contributed by atoms with E-state index in [0.29, 0.717) is 10.9 Å². The maximum absolute atomic E-state index is 12.0. The first-order valence-electron chi connectivity index (χ1n) is 5.44. The van der Waals surface area contributed by atoms with Crippen molar-refractivity contribution in [1.82, 2.24) is 9.55 Å². The lowest BCUT2D eigenvalue weighted by Crippen LogP contribution is -2.35. The Morgan fingerprint density at radius 1 is 1.39 bits per heavy atom. The fraction of sp³-hybridized carbons (Fsp3) is 0.250. The average molecular weight is 248 g/mol. The van der Waals surface area contributed by atoms with Crippen molar-refractivity contribution in [2.75, 3.05) is 0 Å². The van der Waals surface area contributed by atoms with Crippen molar-refractivity contribution >= 4 is 16.9 Å². The average Bonchev–Trinajstić information content (AvgIpc) is 2.27. The van der Waals surface area contributed by atoms with E-state index in [9.17, 15) is 14.4 Å². The molecule has 0 aliphatic carbocycles. The number of nitrogens with one attached hydrogen (secondary N) is 1. The van der Waals surface area contributed by atoms with Crippen LogP contribution in [-0.2, 0) is 11.3 Å². The Balaban J connectivity index is 2.62. The van der Waals surface area contributed by atoms with E-state index in [4.69, 9.17) is 5.11 Å². The second-order valence-corrected chi connectivity index (χ2v) is 4.08. The highest BCUT2D eigenvalue weighted by atomic mass is 16.4. The van der Waals surface area contributed by atoms with Gasteiger partial charge in [0.05, 0.1) is 17.3 Å². The van der Waals surface area contributed by atoms with Crippen molar-refractivity contribution in [1.29, 1.82) is 0 Å². The molecule has 0 radical (unpaired) electrons. The summed E-state index contributed by atoms with van der Waals surface area (Å²) < 4.78 is 0.909. The van der Waals surface area contributed by atoms with Gasteiger partial charge >= 0.3 is 11.7 Å². The number of H-pyrrole nitrogens is 1. The number of rotatable bonds is 3. The third-order valence-electron chi connectivity index (χ3n) is 2.69. The molecular weight excluding hydrogens is 236 g/mol. The molecule has 0 saturated heterocycles. The standard InChI is InChI=1S/C12H12N2O4/c1-7-2-3-8-9(6-7)13-12(18)14(11(8)17)5-4-10(15)16/h2-3,6H,4-5H2,1H3,(H,13,18)(H,15,16). The Hall–Kier alpha value is -2.37. The van der Waals surface area contributed by atoms with Gasteiger partial charge in [-0.15, -0.1) is 0 Å². The molecule has 0 amide bonds. The number of fused-ring (bicyclic) bond motifs is 1. The van der Waals surface area contributed by atoms with Crippen LogP contribution in [0.3, 0.4) is 0 Å². The monoisotopic (exact) mass is 248 g/mol. The zero-order chi connectivity index (χ0) is 13.3. The largest absolute Gasteiger partial charge is 0.481 e. The van der Waals surface area contributed by atoms with Crippen molar-refractivity contribution < 1.29 is 9.90 Å². The van der Waals surface area contributed by atoms with Gasteiger partial charge in [0, 0.05) is 6.54 Å². The van der Waals surface area contributed by atoms with Gasteiger partial charge in [-0.1, -0.05) is 6.07 Å². The van der Waals surface area contributed by atoms with Crippen molar-refractivity contribution in [3.63, 3.8) is 0 Å². The van der Waals surface area contributed by atoms with Gasteiger partial charge in [0.2, 0.25) is 0 Å². The van der Waals surface area contributed by atoms with E-state index in [2.05, 4.69) is 4.98 Å². The van der Waals surface area contributed by atoms with E-state index < -0.39 is 17.2 Å². The summed E-state index contributed by atoms with van der Waals surface area (Å²) in [5.74, 6) is -1.05. The molecule has 6 heteroatoms. The molecule has 18 heavy (non-hydrogen) atoms. The Labute approximate surface area is 102 Å². The van der Waals surface area contributed by atoms with Crippen LogP contribution in [0.2, 0.25) is 0 Å². The van der Waals surface area contributed by atoms with Crippen LogP contribution in [0, 0.1) is 6.92 Å². The summed E-state index contributed by atoms with van der Waals surface area (Å²) in [6.07, 6.45) is -0.264. The fourth-order valence-electron chi connectivity index (χ4n) is 1.78. The summed E-state index contributed by atoms with van der Waals surface area (Å²) in [6.45, 7) is 1.72. The SMILES string of the molecule is Cc1ccc2c(=O)n(CCC(=O)O)c(=O)[nH]c2c1. The number of hydrogen-bond acceptors (Lipinski definition) is 3. The second-order valence-electron chi connectivity index (χ2n) is 4.08. The number of aryl methyl sites for hydroxylation is 1. The van der Waals surface area contributed by atoms with E-state index in [-0.39, 0.29) is 13.0 Å². The van der Waals surface area contributed by atoms with Gasteiger partial charge in [-0.25, -0.2) is 4.79 Å². The predicted octanol–water partition coefficient (Wildman–Crippen LogP) is 0.473. The van der Waals surface area contributed by atoms with Crippen LogP contribution < -0.4 is 11.2 Å². The van der Waals surface area contributed by atoms with Crippen LogP contribution in [-0.4, -0.2) is 20.6 Å². The fourth-order valence-corrected chi connectivity index (χ4v) is 1.78. The van der Waals surface area contributed by atoms with E-state index in [1.165, 1.54) is 0 Å². The summed E-state index contributed by atoms with van der Waals surface area (Å²) in [5.41, 5.74) is 0.353. The molecule has 1 heterocycles. The first-order valence-corrected chi connectivity index (χ1v) is 5.44. The molecule has 2 rings (SSSR count). The lowest BCUT2D eigenvalue weighted by atomic mass is 10.2. The zero-order valence-electron chi connectivity index (χ0n) is 9.77. The quantitative estimate of drug-likeness (QED) is 0.826. The number of carboxylic acid groups (broad SMARTS) is 1. The van der Waals surface area contributed by atoms with Gasteiger partial charge in [0.25, 0.3) is 5.56 Å². The molecule has 0 aliphatic rings. The van der Waals surface area contributed by atoms with Crippen molar-refractivity contribution in [2.24, 2.45) is 0 Å². The molecule has 94 valence electrons. The first-order chi connectivity index (χ1) is 8.49. The highest BCUT2D eigenvalue weighted by Gasteiger charge is 2.08. The van der Waals surface area contributed by atoms with Crippen molar-refractivity contribution in [3.05, 3.63) is 44.6 Å². The number of nitrogens with zero attached hydrogens (tertiary/aromatic N) is 1. The van der Waals surface area contributed by atoms with Crippen LogP contribution >= 0.6 is 0 Å². The molecular formula is C12H12N2O4. The molecule has 0 bridgehead atoms. The Morgan fingerprint density at radius 3 is 2.78 bits per heavy atom. The highest BCUT2D eigenvalue weighted by molar-refractivity contribution is 5.77. The molecule has 0 fully saturated rings. The van der Waals surface area contributed by atoms with Gasteiger partial charge in [0.1, 0.15) is 0 Å². The summed E-state index contributed by atoms with van der Waals surface area (Å²) in [7, 11) is 0. The highest BCUT2D eigenvalue weighted by Crippen LogP contribution is 2.07. The number of hydrogen-bond donors (Lipinski definition) is 2. The summed E-state index contributed by atoms with van der Waals surface area (Å²) in [6, 6.07) is 5.10. The van der Waals surface area contributed by atoms with Gasteiger partial charge < -0.3 is 10.1 Å². The first kappa shape index (κ1) is 12.1. The molecule has 1 aromatic heterocycles. The predicted molar refractivity (Wildman–Crippen MR) is 65.8 cm³/mol. The number of benzene rings is 1. The van der Waals surface area contributed by atoms with Crippen LogP contribution in [0.25, 0.3) is 10.9 Å². The smallest absolute Gasteiger partial charge is 0.328 e. The number of carbonyl (C=O) groups is 1. The molecule has 0 saturated carbocycles. The molecule has 2 N–H and O–H groups in total. The van der Waals surface area contributed by atoms with E-state index >= 15 is 0 Å². The molecule has 6 nitrogen and oxygen atoms in total. The maximum Gasteiger partial charge on any atom is 0.328 e. The van der Waals surface area contributed by atoms with Crippen LogP contribution in [0.5, 0.6) is 0 Å². The second kappa shape index (κ2) is 4.48. The van der Waals surface area contributed by atoms with E-state index in [1.54, 1.807) is 18.2 Å². The minimum absolute atomic E-state index is 0.132. The Morgan fingerprint density at radius 2 is 2.11 bits per heavy atom. The Kier molecular flexibility index (Phi) is 3.01. The van der Waals surface area contributed by atoms with E-state index in [1.807, 2.05) is 6.92 Å². The number of aromatic amines is 1. The molecule has 2 aromatic rings. The molecule has 1 aromatic carbocycles. The minimum atomic E-state index is -1.05. The number of aliphatic carboxylic acids is 1. The van der Waals surface area contributed by atoms with Crippen LogP contribution in [0.1, 0.15) is 12.0 Å². The van der Waals surface area contributed by atoms with Gasteiger partial charge in [-0.3, -0.25) is 14.2 Å². The van der Waals surface area contributed by atoms with Gasteiger partial charge in [-0.05, 0) is 24.6 Å². The van der Waals surface area contributed by atoms with Crippen LogP contribution in [0.4, 0.5) is 0 Å². The third-order valence-corrected chi connectivity index (χ3v) is 2.69. The summed E-state index contributed by atoms with van der Waals surface area (Å²) in [5, 5.41) is 8.96. The third kappa shape index (κ3) is 2.17. The maximum atomic E-state index is 12.0. The number of aromatic nitrogens is 2. The summed E-state index contributed by atoms with van der Waals surface area (Å²) in [4.78, 5) is 36.8. The van der Waals surface area contributed by atoms with Gasteiger partial charge in [-0.2, -0.15) is 0 Å². The normalized spacial score (nSPS) is 10.7.